The van der Waals surface area contributed by atoms with Crippen LogP contribution < -0.4 is 10.2 Å². The largest absolute Gasteiger partial charge is 0.364 e. The van der Waals surface area contributed by atoms with Crippen molar-refractivity contribution in [1.82, 2.24) is 14.9 Å². The van der Waals surface area contributed by atoms with E-state index in [0.717, 1.165) is 74.1 Å². The van der Waals surface area contributed by atoms with Crippen LogP contribution in [-0.4, -0.2) is 51.9 Å². The van der Waals surface area contributed by atoms with Gasteiger partial charge < -0.3 is 15.1 Å². The standard InChI is InChI=1S/C26H27N5O2/c32-24(18-2-3-18)29-20-6-4-19(5-7-20)25(33)30-14-1-10-26(17-30)11-15-31(26)21-8-9-22-23(16-21)28-13-12-27-22/h4-9,12-13,16,18H,1-3,10-11,14-15,17H2,(H,29,32). The minimum atomic E-state index is -0.0119. The summed E-state index contributed by atoms with van der Waals surface area (Å²) >= 11 is 0. The molecule has 1 unspecified atom stereocenters. The molecule has 2 aliphatic heterocycles. The summed E-state index contributed by atoms with van der Waals surface area (Å²) in [5.41, 5.74) is 4.36. The van der Waals surface area contributed by atoms with Crippen molar-refractivity contribution in [2.45, 2.75) is 37.6 Å². The molecule has 1 aliphatic carbocycles. The van der Waals surface area contributed by atoms with Crippen molar-refractivity contribution in [3.63, 3.8) is 0 Å². The number of carbonyl (C=O) groups is 2. The van der Waals surface area contributed by atoms with Gasteiger partial charge in [-0.1, -0.05) is 0 Å². The lowest BCUT2D eigenvalue weighted by Gasteiger charge is -2.58. The Balaban J connectivity index is 1.17. The van der Waals surface area contributed by atoms with Gasteiger partial charge in [-0.2, -0.15) is 0 Å². The number of likely N-dealkylation sites (tertiary alicyclic amines) is 1. The zero-order chi connectivity index (χ0) is 22.4. The van der Waals surface area contributed by atoms with Crippen LogP contribution in [0.4, 0.5) is 11.4 Å². The van der Waals surface area contributed by atoms with Crippen LogP contribution in [0.5, 0.6) is 0 Å². The summed E-state index contributed by atoms with van der Waals surface area (Å²) in [6, 6.07) is 13.6. The number of piperidine rings is 1. The summed E-state index contributed by atoms with van der Waals surface area (Å²) in [6.45, 7) is 2.49. The van der Waals surface area contributed by atoms with Crippen molar-refractivity contribution in [2.24, 2.45) is 5.92 Å². The number of nitrogens with one attached hydrogen (secondary N) is 1. The predicted octanol–water partition coefficient (Wildman–Crippen LogP) is 3.86. The lowest BCUT2D eigenvalue weighted by atomic mass is 9.77. The number of anilines is 2. The van der Waals surface area contributed by atoms with Crippen molar-refractivity contribution in [2.75, 3.05) is 29.9 Å². The minimum Gasteiger partial charge on any atom is -0.364 e. The number of fused-ring (bicyclic) bond motifs is 1. The van der Waals surface area contributed by atoms with Crippen LogP contribution in [0.2, 0.25) is 0 Å². The van der Waals surface area contributed by atoms with E-state index in [-0.39, 0.29) is 23.3 Å². The number of nitrogens with zero attached hydrogens (tertiary/aromatic N) is 4. The molecular formula is C26H27N5O2. The first kappa shape index (κ1) is 20.1. The van der Waals surface area contributed by atoms with Gasteiger partial charge in [0, 0.05) is 54.9 Å². The highest BCUT2D eigenvalue weighted by atomic mass is 16.2. The molecule has 6 rings (SSSR count). The van der Waals surface area contributed by atoms with Gasteiger partial charge in [0.1, 0.15) is 0 Å². The number of rotatable bonds is 4. The van der Waals surface area contributed by atoms with Gasteiger partial charge in [-0.15, -0.1) is 0 Å². The lowest BCUT2D eigenvalue weighted by molar-refractivity contribution is -0.117. The zero-order valence-corrected chi connectivity index (χ0v) is 18.5. The Kier molecular flexibility index (Phi) is 4.78. The van der Waals surface area contributed by atoms with Gasteiger partial charge in [0.25, 0.3) is 5.91 Å². The smallest absolute Gasteiger partial charge is 0.253 e. The minimum absolute atomic E-state index is 0.0119. The topological polar surface area (TPSA) is 78.4 Å². The molecular weight excluding hydrogens is 414 g/mol. The van der Waals surface area contributed by atoms with E-state index in [1.807, 2.05) is 35.2 Å². The molecule has 0 bridgehead atoms. The highest BCUT2D eigenvalue weighted by Crippen LogP contribution is 2.42. The number of amides is 2. The van der Waals surface area contributed by atoms with E-state index in [0.29, 0.717) is 5.56 Å². The number of hydrogen-bond acceptors (Lipinski definition) is 5. The van der Waals surface area contributed by atoms with Crippen molar-refractivity contribution < 1.29 is 9.59 Å². The van der Waals surface area contributed by atoms with Crippen molar-refractivity contribution >= 4 is 34.2 Å². The molecule has 168 valence electrons. The Hall–Kier alpha value is -3.48. The van der Waals surface area contributed by atoms with Crippen LogP contribution in [0.3, 0.4) is 0 Å². The first-order valence-electron chi connectivity index (χ1n) is 11.8. The monoisotopic (exact) mass is 441 g/mol. The molecule has 3 aliphatic rings. The van der Waals surface area contributed by atoms with Gasteiger partial charge in [0.15, 0.2) is 0 Å². The van der Waals surface area contributed by atoms with Crippen molar-refractivity contribution in [3.8, 4) is 0 Å². The first-order valence-corrected chi connectivity index (χ1v) is 11.8. The average Bonchev–Trinajstić information content (AvgIpc) is 3.69. The quantitative estimate of drug-likeness (QED) is 0.665. The van der Waals surface area contributed by atoms with Crippen LogP contribution in [0, 0.1) is 5.92 Å². The van der Waals surface area contributed by atoms with Crippen LogP contribution >= 0.6 is 0 Å². The highest BCUT2D eigenvalue weighted by Gasteiger charge is 2.48. The Morgan fingerprint density at radius 1 is 0.939 bits per heavy atom. The van der Waals surface area contributed by atoms with Gasteiger partial charge in [0.2, 0.25) is 5.91 Å². The van der Waals surface area contributed by atoms with Crippen LogP contribution in [0.1, 0.15) is 42.5 Å². The molecule has 1 atom stereocenters. The number of hydrogen-bond donors (Lipinski definition) is 1. The third kappa shape index (κ3) is 3.71. The molecule has 7 heteroatoms. The zero-order valence-electron chi connectivity index (χ0n) is 18.5. The summed E-state index contributed by atoms with van der Waals surface area (Å²) in [5, 5.41) is 2.94. The molecule has 3 fully saturated rings. The fourth-order valence-corrected chi connectivity index (χ4v) is 5.24. The van der Waals surface area contributed by atoms with Gasteiger partial charge in [-0.25, -0.2) is 0 Å². The Bertz CT molecular complexity index is 1220. The molecule has 0 radical (unpaired) electrons. The second kappa shape index (κ2) is 7.83. The molecule has 1 aromatic heterocycles. The molecule has 1 N–H and O–H groups in total. The van der Waals surface area contributed by atoms with E-state index in [4.69, 9.17) is 0 Å². The fourth-order valence-electron chi connectivity index (χ4n) is 5.24. The summed E-state index contributed by atoms with van der Waals surface area (Å²) in [7, 11) is 0. The molecule has 2 amide bonds. The normalized spacial score (nSPS) is 22.3. The first-order chi connectivity index (χ1) is 16.1. The van der Waals surface area contributed by atoms with Gasteiger partial charge >= 0.3 is 0 Å². The molecule has 1 saturated carbocycles. The molecule has 2 aromatic carbocycles. The van der Waals surface area contributed by atoms with E-state index in [2.05, 4.69) is 32.3 Å². The maximum atomic E-state index is 13.3. The number of carbonyl (C=O) groups excluding carboxylic acids is 2. The predicted molar refractivity (Wildman–Crippen MR) is 127 cm³/mol. The van der Waals surface area contributed by atoms with Crippen molar-refractivity contribution in [1.29, 1.82) is 0 Å². The van der Waals surface area contributed by atoms with E-state index >= 15 is 0 Å². The second-order valence-corrected chi connectivity index (χ2v) is 9.53. The van der Waals surface area contributed by atoms with E-state index in [1.165, 1.54) is 0 Å². The highest BCUT2D eigenvalue weighted by molar-refractivity contribution is 5.97. The van der Waals surface area contributed by atoms with Gasteiger partial charge in [-0.3, -0.25) is 19.6 Å². The van der Waals surface area contributed by atoms with Crippen LogP contribution in [0.25, 0.3) is 11.0 Å². The van der Waals surface area contributed by atoms with Crippen LogP contribution in [-0.2, 0) is 4.79 Å². The third-order valence-corrected chi connectivity index (χ3v) is 7.33. The van der Waals surface area contributed by atoms with Gasteiger partial charge in [-0.05, 0) is 74.6 Å². The summed E-state index contributed by atoms with van der Waals surface area (Å²) in [5.74, 6) is 0.304. The van der Waals surface area contributed by atoms with E-state index in [9.17, 15) is 9.59 Å². The summed E-state index contributed by atoms with van der Waals surface area (Å²) in [6.07, 6.45) is 8.55. The van der Waals surface area contributed by atoms with E-state index in [1.54, 1.807) is 12.4 Å². The Morgan fingerprint density at radius 2 is 1.73 bits per heavy atom. The molecule has 1 spiro atoms. The molecule has 3 heterocycles. The average molecular weight is 442 g/mol. The van der Waals surface area contributed by atoms with E-state index < -0.39 is 0 Å². The maximum absolute atomic E-state index is 13.3. The molecule has 3 aromatic rings. The van der Waals surface area contributed by atoms with Gasteiger partial charge in [0.05, 0.1) is 16.6 Å². The Morgan fingerprint density at radius 3 is 2.45 bits per heavy atom. The SMILES string of the molecule is O=C(Nc1ccc(C(=O)N2CCCC3(CCN3c3ccc4nccnc4c3)C2)cc1)C1CC1. The number of benzene rings is 2. The summed E-state index contributed by atoms with van der Waals surface area (Å²) in [4.78, 5) is 38.5. The lowest BCUT2D eigenvalue weighted by Crippen LogP contribution is -2.67. The van der Waals surface area contributed by atoms with Crippen LogP contribution in [0.15, 0.2) is 54.9 Å². The fraction of sp³-hybridized carbons (Fsp3) is 0.385. The number of aromatic nitrogens is 2. The molecule has 7 nitrogen and oxygen atoms in total. The molecule has 33 heavy (non-hydrogen) atoms. The summed E-state index contributed by atoms with van der Waals surface area (Å²) < 4.78 is 0. The van der Waals surface area contributed by atoms with Crippen molar-refractivity contribution in [3.05, 3.63) is 60.4 Å². The third-order valence-electron chi connectivity index (χ3n) is 7.33. The second-order valence-electron chi connectivity index (χ2n) is 9.53. The maximum Gasteiger partial charge on any atom is 0.253 e. The Labute approximate surface area is 192 Å². The molecule has 2 saturated heterocycles.